The van der Waals surface area contributed by atoms with Crippen molar-refractivity contribution in [1.82, 2.24) is 10.2 Å². The van der Waals surface area contributed by atoms with Gasteiger partial charge in [-0.15, -0.1) is 0 Å². The normalized spacial score (nSPS) is 10.2. The summed E-state index contributed by atoms with van der Waals surface area (Å²) in [6.07, 6.45) is 0. The fraction of sp³-hybridized carbons (Fsp3) is 0.533. The molecular formula is C15H24N2O3. The molecule has 0 aliphatic rings. The molecule has 0 unspecified atom stereocenters. The van der Waals surface area contributed by atoms with Crippen LogP contribution in [-0.2, 0) is 4.79 Å². The summed E-state index contributed by atoms with van der Waals surface area (Å²) in [5.41, 5.74) is 0. The van der Waals surface area contributed by atoms with E-state index in [9.17, 15) is 4.79 Å². The molecule has 0 atom stereocenters. The van der Waals surface area contributed by atoms with Crippen molar-refractivity contribution in [3.8, 4) is 11.5 Å². The second-order valence-corrected chi connectivity index (χ2v) is 4.27. The first-order valence-corrected chi connectivity index (χ1v) is 6.96. The summed E-state index contributed by atoms with van der Waals surface area (Å²) in [6.45, 7) is 6.98. The van der Waals surface area contributed by atoms with Gasteiger partial charge in [0.2, 0.25) is 5.91 Å². The molecule has 0 radical (unpaired) electrons. The number of hydrogen-bond donors (Lipinski definition) is 1. The van der Waals surface area contributed by atoms with Gasteiger partial charge in [-0.1, -0.05) is 0 Å². The number of hydrogen-bond acceptors (Lipinski definition) is 4. The number of ether oxygens (including phenoxy) is 2. The highest BCUT2D eigenvalue weighted by Crippen LogP contribution is 2.16. The molecule has 0 aliphatic carbocycles. The second-order valence-electron chi connectivity index (χ2n) is 4.27. The van der Waals surface area contributed by atoms with Crippen LogP contribution in [0.2, 0.25) is 0 Å². The Kier molecular flexibility index (Phi) is 7.50. The maximum absolute atomic E-state index is 11.7. The molecule has 5 nitrogen and oxygen atoms in total. The van der Waals surface area contributed by atoms with E-state index in [1.807, 2.05) is 38.1 Å². The molecule has 0 heterocycles. The molecule has 0 saturated heterocycles. The van der Waals surface area contributed by atoms with Crippen LogP contribution in [0.25, 0.3) is 0 Å². The first kappa shape index (κ1) is 16.3. The van der Waals surface area contributed by atoms with Crippen LogP contribution in [0.1, 0.15) is 13.8 Å². The predicted octanol–water partition coefficient (Wildman–Crippen LogP) is 1.53. The summed E-state index contributed by atoms with van der Waals surface area (Å²) >= 11 is 0. The molecule has 0 aromatic heterocycles. The van der Waals surface area contributed by atoms with Crippen molar-refractivity contribution < 1.29 is 14.3 Å². The third-order valence-electron chi connectivity index (χ3n) is 3.00. The third-order valence-corrected chi connectivity index (χ3v) is 3.00. The van der Waals surface area contributed by atoms with E-state index >= 15 is 0 Å². The van der Waals surface area contributed by atoms with Crippen molar-refractivity contribution in [2.24, 2.45) is 0 Å². The van der Waals surface area contributed by atoms with Gasteiger partial charge in [-0.2, -0.15) is 0 Å². The van der Waals surface area contributed by atoms with E-state index < -0.39 is 0 Å². The Balaban J connectivity index is 2.16. The lowest BCUT2D eigenvalue weighted by Crippen LogP contribution is -2.39. The molecule has 1 rings (SSSR count). The highest BCUT2D eigenvalue weighted by atomic mass is 16.5. The van der Waals surface area contributed by atoms with Crippen molar-refractivity contribution in [3.63, 3.8) is 0 Å². The fourth-order valence-corrected chi connectivity index (χ4v) is 1.80. The number of methoxy groups -OCH3 is 1. The lowest BCUT2D eigenvalue weighted by atomic mass is 10.3. The van der Waals surface area contributed by atoms with Gasteiger partial charge in [0.05, 0.1) is 13.7 Å². The maximum Gasteiger partial charge on any atom is 0.236 e. The number of nitrogens with one attached hydrogen (secondary N) is 1. The van der Waals surface area contributed by atoms with Crippen LogP contribution >= 0.6 is 0 Å². The van der Waals surface area contributed by atoms with Gasteiger partial charge in [-0.05, 0) is 38.1 Å². The number of rotatable bonds is 9. The van der Waals surface area contributed by atoms with Gasteiger partial charge in [-0.3, -0.25) is 4.79 Å². The number of carbonyl (C=O) groups is 1. The second kappa shape index (κ2) is 9.20. The van der Waals surface area contributed by atoms with Crippen molar-refractivity contribution in [3.05, 3.63) is 24.3 Å². The molecule has 0 spiro atoms. The van der Waals surface area contributed by atoms with Crippen LogP contribution in [0.15, 0.2) is 24.3 Å². The summed E-state index contributed by atoms with van der Waals surface area (Å²) in [4.78, 5) is 13.5. The summed E-state index contributed by atoms with van der Waals surface area (Å²) in [5.74, 6) is 1.72. The minimum atomic E-state index is 0.124. The van der Waals surface area contributed by atoms with Crippen molar-refractivity contribution >= 4 is 5.91 Å². The van der Waals surface area contributed by atoms with Crippen molar-refractivity contribution in [1.29, 1.82) is 0 Å². The van der Waals surface area contributed by atoms with Crippen molar-refractivity contribution in [2.45, 2.75) is 13.8 Å². The quantitative estimate of drug-likeness (QED) is 0.697. The molecule has 0 bridgehead atoms. The van der Waals surface area contributed by atoms with Crippen LogP contribution in [0.3, 0.4) is 0 Å². The smallest absolute Gasteiger partial charge is 0.236 e. The molecule has 0 saturated carbocycles. The largest absolute Gasteiger partial charge is 0.497 e. The van der Waals surface area contributed by atoms with E-state index in [4.69, 9.17) is 9.47 Å². The average Bonchev–Trinajstić information content (AvgIpc) is 2.49. The van der Waals surface area contributed by atoms with Crippen LogP contribution in [0, 0.1) is 0 Å². The number of benzene rings is 1. The van der Waals surface area contributed by atoms with Gasteiger partial charge in [0, 0.05) is 19.6 Å². The Bertz CT molecular complexity index is 389. The maximum atomic E-state index is 11.7. The fourth-order valence-electron chi connectivity index (χ4n) is 1.80. The summed E-state index contributed by atoms with van der Waals surface area (Å²) in [5, 5.41) is 3.09. The van der Waals surface area contributed by atoms with Gasteiger partial charge in [0.1, 0.15) is 18.1 Å². The van der Waals surface area contributed by atoms with Gasteiger partial charge in [0.15, 0.2) is 0 Å². The number of carbonyl (C=O) groups excluding carboxylic acids is 1. The molecule has 1 amide bonds. The molecule has 1 aromatic rings. The van der Waals surface area contributed by atoms with E-state index in [2.05, 4.69) is 5.32 Å². The van der Waals surface area contributed by atoms with Gasteiger partial charge < -0.3 is 19.7 Å². The molecule has 5 heteroatoms. The zero-order valence-corrected chi connectivity index (χ0v) is 12.5. The highest BCUT2D eigenvalue weighted by molar-refractivity contribution is 5.78. The molecule has 0 aliphatic heterocycles. The van der Waals surface area contributed by atoms with Crippen LogP contribution in [0.4, 0.5) is 0 Å². The molecule has 1 aromatic carbocycles. The number of amides is 1. The zero-order chi connectivity index (χ0) is 14.8. The third kappa shape index (κ3) is 5.48. The molecule has 112 valence electrons. The minimum Gasteiger partial charge on any atom is -0.497 e. The van der Waals surface area contributed by atoms with Gasteiger partial charge >= 0.3 is 0 Å². The standard InChI is InChI=1S/C15H24N2O3/c1-4-17(5-2)15(18)12-16-10-11-20-14-8-6-13(19-3)7-9-14/h6-9,16H,4-5,10-12H2,1-3H3. The molecule has 1 N–H and O–H groups in total. The van der Waals surface area contributed by atoms with E-state index in [1.165, 1.54) is 0 Å². The Morgan fingerprint density at radius 3 is 2.30 bits per heavy atom. The SMILES string of the molecule is CCN(CC)C(=O)CNCCOc1ccc(OC)cc1. The monoisotopic (exact) mass is 280 g/mol. The summed E-state index contributed by atoms with van der Waals surface area (Å²) < 4.78 is 10.6. The molecule has 0 fully saturated rings. The topological polar surface area (TPSA) is 50.8 Å². The Hall–Kier alpha value is -1.75. The van der Waals surface area contributed by atoms with Crippen LogP contribution in [-0.4, -0.2) is 50.7 Å². The van der Waals surface area contributed by atoms with E-state index in [1.54, 1.807) is 12.0 Å². The highest BCUT2D eigenvalue weighted by Gasteiger charge is 2.07. The number of nitrogens with zero attached hydrogens (tertiary/aromatic N) is 1. The van der Waals surface area contributed by atoms with E-state index in [0.29, 0.717) is 19.7 Å². The average molecular weight is 280 g/mol. The van der Waals surface area contributed by atoms with Gasteiger partial charge in [-0.25, -0.2) is 0 Å². The van der Waals surface area contributed by atoms with Gasteiger partial charge in [0.25, 0.3) is 0 Å². The number of likely N-dealkylation sites (N-methyl/N-ethyl adjacent to an activating group) is 1. The summed E-state index contributed by atoms with van der Waals surface area (Å²) in [7, 11) is 1.63. The van der Waals surface area contributed by atoms with E-state index in [0.717, 1.165) is 24.6 Å². The lowest BCUT2D eigenvalue weighted by Gasteiger charge is -2.18. The molecular weight excluding hydrogens is 256 g/mol. The van der Waals surface area contributed by atoms with E-state index in [-0.39, 0.29) is 5.91 Å². The van der Waals surface area contributed by atoms with Crippen LogP contribution < -0.4 is 14.8 Å². The Morgan fingerprint density at radius 2 is 1.75 bits per heavy atom. The van der Waals surface area contributed by atoms with Crippen LogP contribution in [0.5, 0.6) is 11.5 Å². The Morgan fingerprint density at radius 1 is 1.15 bits per heavy atom. The summed E-state index contributed by atoms with van der Waals surface area (Å²) in [6, 6.07) is 7.43. The first-order valence-electron chi connectivity index (χ1n) is 6.96. The Labute approximate surface area is 120 Å². The lowest BCUT2D eigenvalue weighted by molar-refractivity contribution is -0.129. The zero-order valence-electron chi connectivity index (χ0n) is 12.5. The van der Waals surface area contributed by atoms with Crippen molar-refractivity contribution in [2.75, 3.05) is 39.9 Å². The minimum absolute atomic E-state index is 0.124. The molecule has 20 heavy (non-hydrogen) atoms. The first-order chi connectivity index (χ1) is 9.71. The predicted molar refractivity (Wildman–Crippen MR) is 79.3 cm³/mol.